The van der Waals surface area contributed by atoms with Crippen molar-refractivity contribution in [1.29, 1.82) is 0 Å². The van der Waals surface area contributed by atoms with E-state index in [1.54, 1.807) is 18.2 Å². The number of aryl methyl sites for hydroxylation is 1. The minimum absolute atomic E-state index is 0.0386. The van der Waals surface area contributed by atoms with Crippen LogP contribution in [0.1, 0.15) is 12.5 Å². The fraction of sp³-hybridized carbons (Fsp3) is 0.176. The van der Waals surface area contributed by atoms with Crippen LogP contribution in [-0.2, 0) is 4.79 Å². The molecule has 1 aromatic heterocycles. The summed E-state index contributed by atoms with van der Waals surface area (Å²) in [5, 5.41) is 19.4. The van der Waals surface area contributed by atoms with Crippen LogP contribution >= 0.6 is 0 Å². The van der Waals surface area contributed by atoms with Crippen molar-refractivity contribution in [1.82, 2.24) is 0 Å². The molecule has 0 saturated heterocycles. The molecule has 1 atom stereocenters. The lowest BCUT2D eigenvalue weighted by Gasteiger charge is -2.12. The average molecular weight is 314 g/mol. The van der Waals surface area contributed by atoms with Gasteiger partial charge < -0.3 is 19.4 Å². The molecule has 0 aliphatic rings. The Bertz CT molecular complexity index is 986. The molecule has 3 aromatic rings. The van der Waals surface area contributed by atoms with Gasteiger partial charge in [0.2, 0.25) is 5.43 Å². The third kappa shape index (κ3) is 2.59. The van der Waals surface area contributed by atoms with Gasteiger partial charge in [0.25, 0.3) is 0 Å². The van der Waals surface area contributed by atoms with E-state index in [2.05, 4.69) is 0 Å². The van der Waals surface area contributed by atoms with Gasteiger partial charge in [-0.2, -0.15) is 0 Å². The molecule has 3 rings (SSSR count). The fourth-order valence-electron chi connectivity index (χ4n) is 2.36. The summed E-state index contributed by atoms with van der Waals surface area (Å²) in [6, 6.07) is 7.76. The van der Waals surface area contributed by atoms with Crippen LogP contribution < -0.4 is 10.2 Å². The van der Waals surface area contributed by atoms with Crippen molar-refractivity contribution >= 4 is 27.9 Å². The van der Waals surface area contributed by atoms with Gasteiger partial charge in [-0.1, -0.05) is 6.07 Å². The van der Waals surface area contributed by atoms with Crippen LogP contribution in [0.25, 0.3) is 21.9 Å². The molecule has 0 saturated carbocycles. The standard InChI is InChI=1S/C17H14O6/c1-8-3-4-11-13(5-8)23-14-7-10(22-9(2)17(20)21)6-12(18)15(14)16(11)19/h3-7,9,18H,1-2H3,(H,20,21). The molecular weight excluding hydrogens is 300 g/mol. The number of phenolic OH excluding ortho intramolecular Hbond substituents is 1. The van der Waals surface area contributed by atoms with E-state index < -0.39 is 12.1 Å². The highest BCUT2D eigenvalue weighted by atomic mass is 16.5. The molecule has 6 nitrogen and oxygen atoms in total. The zero-order valence-electron chi connectivity index (χ0n) is 12.5. The Kier molecular flexibility index (Phi) is 3.44. The molecule has 0 spiro atoms. The van der Waals surface area contributed by atoms with E-state index >= 15 is 0 Å². The third-order valence-corrected chi connectivity index (χ3v) is 3.54. The maximum Gasteiger partial charge on any atom is 0.344 e. The lowest BCUT2D eigenvalue weighted by molar-refractivity contribution is -0.144. The van der Waals surface area contributed by atoms with Crippen LogP contribution in [0.2, 0.25) is 0 Å². The van der Waals surface area contributed by atoms with Crippen molar-refractivity contribution in [3.8, 4) is 11.5 Å². The Hall–Kier alpha value is -3.02. The number of carbonyl (C=O) groups is 1. The van der Waals surface area contributed by atoms with Gasteiger partial charge >= 0.3 is 5.97 Å². The number of ether oxygens (including phenoxy) is 1. The number of benzene rings is 2. The number of hydrogen-bond acceptors (Lipinski definition) is 5. The van der Waals surface area contributed by atoms with Gasteiger partial charge in [0.1, 0.15) is 28.1 Å². The Morgan fingerprint density at radius 3 is 2.65 bits per heavy atom. The Morgan fingerprint density at radius 2 is 1.96 bits per heavy atom. The fourth-order valence-corrected chi connectivity index (χ4v) is 2.36. The summed E-state index contributed by atoms with van der Waals surface area (Å²) in [4.78, 5) is 23.4. The first-order chi connectivity index (χ1) is 10.9. The van der Waals surface area contributed by atoms with Gasteiger partial charge in [0, 0.05) is 12.1 Å². The van der Waals surface area contributed by atoms with E-state index in [9.17, 15) is 14.7 Å². The molecule has 0 bridgehead atoms. The summed E-state index contributed by atoms with van der Waals surface area (Å²) >= 11 is 0. The van der Waals surface area contributed by atoms with Gasteiger partial charge in [-0.15, -0.1) is 0 Å². The molecule has 2 N–H and O–H groups in total. The predicted molar refractivity (Wildman–Crippen MR) is 84.1 cm³/mol. The number of aromatic hydroxyl groups is 1. The zero-order chi connectivity index (χ0) is 16.7. The highest BCUT2D eigenvalue weighted by Crippen LogP contribution is 2.31. The molecule has 0 amide bonds. The summed E-state index contributed by atoms with van der Waals surface area (Å²) < 4.78 is 10.9. The van der Waals surface area contributed by atoms with Crippen molar-refractivity contribution in [2.45, 2.75) is 20.0 Å². The second-order valence-corrected chi connectivity index (χ2v) is 5.34. The Morgan fingerprint density at radius 1 is 1.22 bits per heavy atom. The van der Waals surface area contributed by atoms with Gasteiger partial charge in [-0.3, -0.25) is 4.79 Å². The van der Waals surface area contributed by atoms with Crippen LogP contribution in [0.15, 0.2) is 39.5 Å². The Balaban J connectivity index is 2.25. The van der Waals surface area contributed by atoms with E-state index in [4.69, 9.17) is 14.3 Å². The van der Waals surface area contributed by atoms with Crippen molar-refractivity contribution in [2.24, 2.45) is 0 Å². The monoisotopic (exact) mass is 314 g/mol. The maximum atomic E-state index is 12.5. The summed E-state index contributed by atoms with van der Waals surface area (Å²) in [6.07, 6.45) is -1.10. The van der Waals surface area contributed by atoms with E-state index in [0.29, 0.717) is 11.0 Å². The SMILES string of the molecule is Cc1ccc2c(=O)c3c(O)cc(OC(C)C(=O)O)cc3oc2c1. The summed E-state index contributed by atoms with van der Waals surface area (Å²) in [5.41, 5.74) is 1.11. The zero-order valence-corrected chi connectivity index (χ0v) is 12.5. The number of aliphatic carboxylic acids is 1. The van der Waals surface area contributed by atoms with Crippen molar-refractivity contribution < 1.29 is 24.2 Å². The van der Waals surface area contributed by atoms with Gasteiger partial charge in [-0.05, 0) is 31.5 Å². The number of carboxylic acids is 1. The molecule has 118 valence electrons. The van der Waals surface area contributed by atoms with Crippen LogP contribution in [0.3, 0.4) is 0 Å². The van der Waals surface area contributed by atoms with Crippen molar-refractivity contribution in [3.63, 3.8) is 0 Å². The van der Waals surface area contributed by atoms with Crippen LogP contribution in [0.4, 0.5) is 0 Å². The average Bonchev–Trinajstić information content (AvgIpc) is 2.46. The molecule has 0 aliphatic carbocycles. The lowest BCUT2D eigenvalue weighted by atomic mass is 10.1. The van der Waals surface area contributed by atoms with Gasteiger partial charge in [0.15, 0.2) is 6.10 Å². The molecule has 0 aliphatic heterocycles. The second kappa shape index (κ2) is 5.31. The first-order valence-electron chi connectivity index (χ1n) is 6.96. The van der Waals surface area contributed by atoms with Gasteiger partial charge in [-0.25, -0.2) is 4.79 Å². The molecule has 23 heavy (non-hydrogen) atoms. The molecule has 1 heterocycles. The molecular formula is C17H14O6. The van der Waals surface area contributed by atoms with Crippen molar-refractivity contribution in [2.75, 3.05) is 0 Å². The smallest absolute Gasteiger partial charge is 0.344 e. The lowest BCUT2D eigenvalue weighted by Crippen LogP contribution is -2.22. The number of phenols is 1. The number of hydrogen-bond donors (Lipinski definition) is 2. The molecule has 0 fully saturated rings. The number of rotatable bonds is 3. The maximum absolute atomic E-state index is 12.5. The van der Waals surface area contributed by atoms with Crippen LogP contribution in [0, 0.1) is 6.92 Å². The first kappa shape index (κ1) is 14.9. The van der Waals surface area contributed by atoms with E-state index in [-0.39, 0.29) is 27.9 Å². The first-order valence-corrected chi connectivity index (χ1v) is 6.96. The van der Waals surface area contributed by atoms with Gasteiger partial charge in [0.05, 0.1) is 5.39 Å². The quantitative estimate of drug-likeness (QED) is 0.722. The second-order valence-electron chi connectivity index (χ2n) is 5.34. The Labute approximate surface area is 130 Å². The van der Waals surface area contributed by atoms with E-state index in [1.807, 2.05) is 6.92 Å². The van der Waals surface area contributed by atoms with E-state index in [1.165, 1.54) is 19.1 Å². The minimum Gasteiger partial charge on any atom is -0.507 e. The third-order valence-electron chi connectivity index (χ3n) is 3.54. The molecule has 6 heteroatoms. The number of fused-ring (bicyclic) bond motifs is 2. The van der Waals surface area contributed by atoms with Crippen LogP contribution in [-0.4, -0.2) is 22.3 Å². The summed E-state index contributed by atoms with van der Waals surface area (Å²) in [5.74, 6) is -1.34. The molecule has 1 unspecified atom stereocenters. The predicted octanol–water partition coefficient (Wildman–Crippen LogP) is 2.81. The largest absolute Gasteiger partial charge is 0.507 e. The summed E-state index contributed by atoms with van der Waals surface area (Å²) in [6.45, 7) is 3.23. The highest BCUT2D eigenvalue weighted by Gasteiger charge is 2.17. The van der Waals surface area contributed by atoms with E-state index in [0.717, 1.165) is 5.56 Å². The highest BCUT2D eigenvalue weighted by molar-refractivity contribution is 5.94. The van der Waals surface area contributed by atoms with Crippen molar-refractivity contribution in [3.05, 3.63) is 46.1 Å². The topological polar surface area (TPSA) is 97.0 Å². The minimum atomic E-state index is -1.14. The number of carboxylic acid groups (broad SMARTS) is 1. The molecule has 0 radical (unpaired) electrons. The normalized spacial score (nSPS) is 12.4. The molecule has 2 aromatic carbocycles. The van der Waals surface area contributed by atoms with Crippen LogP contribution in [0.5, 0.6) is 11.5 Å². The summed E-state index contributed by atoms with van der Waals surface area (Å²) in [7, 11) is 0.